The second-order valence-electron chi connectivity index (χ2n) is 5.80. The van der Waals surface area contributed by atoms with Crippen LogP contribution < -0.4 is 0 Å². The van der Waals surface area contributed by atoms with Crippen molar-refractivity contribution in [2.45, 2.75) is 51.9 Å². The van der Waals surface area contributed by atoms with Gasteiger partial charge in [-0.1, -0.05) is 20.8 Å². The van der Waals surface area contributed by atoms with Gasteiger partial charge in [-0.2, -0.15) is 6.92 Å². The molecule has 0 aromatic carbocycles. The number of hydrogen-bond acceptors (Lipinski definition) is 1. The molecule has 25 heavy (non-hydrogen) atoms. The van der Waals surface area contributed by atoms with Crippen molar-refractivity contribution in [2.24, 2.45) is 0 Å². The molecule has 0 amide bonds. The molecular weight excluding hydrogens is 504 g/mol. The molecule has 0 aromatic heterocycles. The molecule has 1 unspecified atom stereocenters. The van der Waals surface area contributed by atoms with E-state index in [1.165, 1.54) is 0 Å². The molecule has 1 fully saturated rings. The first-order valence-electron chi connectivity index (χ1n) is 6.94. The molecule has 1 aliphatic rings. The Kier molecular flexibility index (Phi) is 33.5. The third kappa shape index (κ3) is 23.5. The predicted molar refractivity (Wildman–Crippen MR) is 94.2 cm³/mol. The number of hydrogen-bond donors (Lipinski definition) is 0. The summed E-state index contributed by atoms with van der Waals surface area (Å²) in [5.74, 6) is 5.56. The van der Waals surface area contributed by atoms with Crippen LogP contribution in [0.15, 0.2) is 0 Å². The molecular formula is C19H26O4SiW+. The van der Waals surface area contributed by atoms with E-state index in [4.69, 9.17) is 18.4 Å². The Labute approximate surface area is 170 Å². The molecule has 0 aromatic rings. The molecule has 0 N–H and O–H groups in total. The smallest absolute Gasteiger partial charge is 0.421 e. The fourth-order valence-corrected chi connectivity index (χ4v) is 2.41. The summed E-state index contributed by atoms with van der Waals surface area (Å²) in [5, 5.41) is 0.254. The Morgan fingerprint density at radius 3 is 1.40 bits per heavy atom. The summed E-state index contributed by atoms with van der Waals surface area (Å²) in [6.07, 6.45) is 10.0. The van der Waals surface area contributed by atoms with Crippen molar-refractivity contribution in [2.75, 3.05) is 0 Å². The van der Waals surface area contributed by atoms with Crippen molar-refractivity contribution < 1.29 is 39.4 Å². The maximum absolute atomic E-state index is 7.50. The maximum atomic E-state index is 7.50. The Bertz CT molecular complexity index is 372. The first-order valence-corrected chi connectivity index (χ1v) is 9.85. The Morgan fingerprint density at radius 2 is 1.20 bits per heavy atom. The average molecular weight is 530 g/mol. The van der Waals surface area contributed by atoms with Crippen LogP contribution in [0.3, 0.4) is 0 Å². The summed E-state index contributed by atoms with van der Waals surface area (Å²) in [6, 6.07) is 0. The van der Waals surface area contributed by atoms with Crippen LogP contribution in [0.2, 0.25) is 18.1 Å². The maximum Gasteiger partial charge on any atom is 2.00 e. The quantitative estimate of drug-likeness (QED) is 0.229. The summed E-state index contributed by atoms with van der Waals surface area (Å²) in [7, 11) is -1.64. The van der Waals surface area contributed by atoms with Gasteiger partial charge in [-0.05, 0) is 57.2 Å². The van der Waals surface area contributed by atoms with E-state index in [1.54, 1.807) is 0 Å². The van der Waals surface area contributed by atoms with Gasteiger partial charge in [-0.3, -0.25) is 11.8 Å². The van der Waals surface area contributed by atoms with Crippen molar-refractivity contribution in [1.29, 1.82) is 0 Å². The molecule has 1 aliphatic carbocycles. The topological polar surface area (TPSA) is 68.9 Å². The van der Waals surface area contributed by atoms with E-state index in [9.17, 15) is 0 Å². The van der Waals surface area contributed by atoms with Crippen LogP contribution in [-0.2, 0) is 39.4 Å². The van der Waals surface area contributed by atoms with Gasteiger partial charge in [0.1, 0.15) is 0 Å². The number of rotatable bonds is 2. The average Bonchev–Trinajstić information content (AvgIpc) is 3.11. The molecule has 0 heterocycles. The zero-order valence-corrected chi connectivity index (χ0v) is 19.6. The minimum Gasteiger partial charge on any atom is -0.421 e. The van der Waals surface area contributed by atoms with Crippen molar-refractivity contribution in [1.82, 2.24) is 0 Å². The Balaban J connectivity index is -0.0000000920. The van der Waals surface area contributed by atoms with Gasteiger partial charge in [0.05, 0.1) is 0 Å². The van der Waals surface area contributed by atoms with E-state index < -0.39 is 8.32 Å². The van der Waals surface area contributed by atoms with E-state index in [0.29, 0.717) is 0 Å². The Morgan fingerprint density at radius 1 is 0.920 bits per heavy atom. The summed E-state index contributed by atoms with van der Waals surface area (Å²) in [6.45, 7) is 30.1. The predicted octanol–water partition coefficient (Wildman–Crippen LogP) is 4.14. The van der Waals surface area contributed by atoms with Gasteiger partial charge in [0.15, 0.2) is 8.32 Å². The van der Waals surface area contributed by atoms with E-state index >= 15 is 0 Å². The van der Waals surface area contributed by atoms with Gasteiger partial charge in [-0.25, -0.2) is 0 Å². The molecule has 1 saturated carbocycles. The molecule has 0 bridgehead atoms. The summed E-state index contributed by atoms with van der Waals surface area (Å²) < 4.78 is 28.5. The van der Waals surface area contributed by atoms with E-state index in [-0.39, 0.29) is 32.2 Å². The molecule has 0 saturated heterocycles. The molecule has 0 aliphatic heterocycles. The van der Waals surface area contributed by atoms with Crippen LogP contribution in [-0.4, -0.2) is 14.4 Å². The van der Waals surface area contributed by atoms with Crippen molar-refractivity contribution in [3.05, 3.63) is 59.0 Å². The molecule has 5 radical (unpaired) electrons. The first kappa shape index (κ1) is 35.6. The minimum atomic E-state index is -1.64. The van der Waals surface area contributed by atoms with Gasteiger partial charge in [0.25, 0.3) is 0 Å². The van der Waals surface area contributed by atoms with Crippen LogP contribution in [0.25, 0.3) is 0 Å². The standard InChI is InChI=1S/C11H21OSi.C5H5.3CO.W/c1-8-9-10(2)12-13(6,7)11(3,4)5;1-2-4-5-3-1;3*1-2;/h10H,1H2,2-7H3;1-5H;;;;/q-1;;;;;+2. The minimum absolute atomic E-state index is 0. The van der Waals surface area contributed by atoms with Gasteiger partial charge in [-0.15, -0.1) is 0 Å². The molecule has 0 spiro atoms. The van der Waals surface area contributed by atoms with Crippen LogP contribution in [0, 0.1) is 70.8 Å². The SMILES string of the molecule is [C-]#[O+].[C-]#[O+].[C-]#[O+].[CH2-]C#CC(C)O[Si](C)(C)C(C)(C)C.[CH]1[CH][CH][CH][CH]1.[W+2]. The van der Waals surface area contributed by atoms with E-state index in [2.05, 4.69) is 72.6 Å². The van der Waals surface area contributed by atoms with Gasteiger partial charge < -0.3 is 4.43 Å². The van der Waals surface area contributed by atoms with Crippen LogP contribution in [0.4, 0.5) is 0 Å². The van der Waals surface area contributed by atoms with Gasteiger partial charge in [0, 0.05) is 6.10 Å². The van der Waals surface area contributed by atoms with Crippen molar-refractivity contribution in [3.8, 4) is 11.8 Å². The van der Waals surface area contributed by atoms with Gasteiger partial charge >= 0.3 is 55.0 Å². The summed E-state index contributed by atoms with van der Waals surface area (Å²) in [4.78, 5) is 0. The van der Waals surface area contributed by atoms with Crippen molar-refractivity contribution >= 4 is 8.32 Å². The van der Waals surface area contributed by atoms with Crippen LogP contribution in [0.1, 0.15) is 27.7 Å². The second-order valence-corrected chi connectivity index (χ2v) is 10.6. The first-order chi connectivity index (χ1) is 11.2. The summed E-state index contributed by atoms with van der Waals surface area (Å²) >= 11 is 0. The second kappa shape index (κ2) is 23.5. The third-order valence-corrected chi connectivity index (χ3v) is 7.69. The molecule has 4 nitrogen and oxygen atoms in total. The van der Waals surface area contributed by atoms with E-state index in [1.807, 2.05) is 39.0 Å². The monoisotopic (exact) mass is 530 g/mol. The normalized spacial score (nSPS) is 12.6. The fraction of sp³-hybridized carbons (Fsp3) is 0.421. The molecule has 6 heteroatoms. The fourth-order valence-electron chi connectivity index (χ4n) is 1.11. The van der Waals surface area contributed by atoms with Crippen molar-refractivity contribution in [3.63, 3.8) is 0 Å². The summed E-state index contributed by atoms with van der Waals surface area (Å²) in [5.41, 5.74) is 0. The Hall–Kier alpha value is -0.485. The zero-order chi connectivity index (χ0) is 20.2. The van der Waals surface area contributed by atoms with Crippen LogP contribution >= 0.6 is 0 Å². The zero-order valence-electron chi connectivity index (χ0n) is 15.7. The largest absolute Gasteiger partial charge is 2.00 e. The van der Waals surface area contributed by atoms with E-state index in [0.717, 1.165) is 0 Å². The molecule has 135 valence electrons. The van der Waals surface area contributed by atoms with Crippen LogP contribution in [0.5, 0.6) is 0 Å². The molecule has 1 rings (SSSR count). The molecule has 1 atom stereocenters. The third-order valence-electron chi connectivity index (χ3n) is 3.14. The van der Waals surface area contributed by atoms with Gasteiger partial charge in [0.2, 0.25) is 0 Å².